The lowest BCUT2D eigenvalue weighted by molar-refractivity contribution is -0.285. The van der Waals surface area contributed by atoms with Crippen LogP contribution in [0, 0.1) is 0 Å². The molecule has 0 aliphatic carbocycles. The van der Waals surface area contributed by atoms with Gasteiger partial charge in [-0.3, -0.25) is 4.79 Å². The number of aliphatic hydroxyl groups is 1. The van der Waals surface area contributed by atoms with Crippen LogP contribution in [0.3, 0.4) is 0 Å². The molecular weight excluding hydrogens is 703 g/mol. The molecule has 8 heteroatoms. The molecular formula is C48H69NO7. The van der Waals surface area contributed by atoms with E-state index in [9.17, 15) is 9.90 Å². The van der Waals surface area contributed by atoms with Gasteiger partial charge in [-0.05, 0) is 23.1 Å². The van der Waals surface area contributed by atoms with E-state index in [2.05, 4.69) is 18.8 Å². The van der Waals surface area contributed by atoms with Gasteiger partial charge in [0.05, 0.1) is 45.6 Å². The Kier molecular flexibility index (Phi) is 22.7. The predicted molar refractivity (Wildman–Crippen MR) is 224 cm³/mol. The molecule has 308 valence electrons. The molecule has 0 spiro atoms. The molecule has 0 radical (unpaired) electrons. The maximum absolute atomic E-state index is 14.1. The second kappa shape index (κ2) is 28.1. The summed E-state index contributed by atoms with van der Waals surface area (Å²) in [7, 11) is 0. The number of carbonyl (C=O) groups is 1. The second-order valence-electron chi connectivity index (χ2n) is 15.1. The highest BCUT2D eigenvalue weighted by atomic mass is 16.7. The van der Waals surface area contributed by atoms with Crippen molar-refractivity contribution in [3.8, 4) is 0 Å². The number of nitrogens with one attached hydrogen (secondary N) is 1. The van der Waals surface area contributed by atoms with E-state index in [-0.39, 0.29) is 44.9 Å². The monoisotopic (exact) mass is 772 g/mol. The molecule has 0 aromatic heterocycles. The van der Waals surface area contributed by atoms with Gasteiger partial charge in [-0.2, -0.15) is 0 Å². The second-order valence-corrected chi connectivity index (χ2v) is 15.1. The van der Waals surface area contributed by atoms with Gasteiger partial charge in [0, 0.05) is 0 Å². The van der Waals surface area contributed by atoms with Gasteiger partial charge in [0.1, 0.15) is 24.4 Å². The summed E-state index contributed by atoms with van der Waals surface area (Å²) in [6, 6.07) is 29.1. The normalized spacial score (nSPS) is 20.1. The zero-order chi connectivity index (χ0) is 39.5. The molecule has 1 aliphatic rings. The fraction of sp³-hybridized carbons (Fsp3) is 0.562. The number of hydrogen-bond donors (Lipinski definition) is 2. The van der Waals surface area contributed by atoms with E-state index >= 15 is 0 Å². The van der Waals surface area contributed by atoms with Crippen molar-refractivity contribution < 1.29 is 33.6 Å². The molecule has 2 N–H and O–H groups in total. The van der Waals surface area contributed by atoms with Crippen molar-refractivity contribution in [3.05, 3.63) is 120 Å². The Morgan fingerprint density at radius 3 is 1.68 bits per heavy atom. The Balaban J connectivity index is 1.40. The highest BCUT2D eigenvalue weighted by molar-refractivity contribution is 5.77. The van der Waals surface area contributed by atoms with E-state index in [1.54, 1.807) is 6.08 Å². The van der Waals surface area contributed by atoms with Crippen LogP contribution >= 0.6 is 0 Å². The molecule has 4 rings (SSSR count). The minimum Gasteiger partial charge on any atom is -0.394 e. The van der Waals surface area contributed by atoms with Gasteiger partial charge >= 0.3 is 0 Å². The summed E-state index contributed by atoms with van der Waals surface area (Å²) < 4.78 is 32.0. The largest absolute Gasteiger partial charge is 0.394 e. The molecule has 1 saturated heterocycles. The number of ether oxygens (including phenoxy) is 5. The van der Waals surface area contributed by atoms with Gasteiger partial charge in [0.25, 0.3) is 0 Å². The zero-order valence-electron chi connectivity index (χ0n) is 33.9. The summed E-state index contributed by atoms with van der Waals surface area (Å²) in [6.45, 7) is 6.96. The van der Waals surface area contributed by atoms with Gasteiger partial charge in [-0.1, -0.05) is 187 Å². The molecule has 1 amide bonds. The molecule has 0 unspecified atom stereocenters. The van der Waals surface area contributed by atoms with Crippen LogP contribution in [0.1, 0.15) is 120 Å². The van der Waals surface area contributed by atoms with Crippen molar-refractivity contribution >= 4 is 5.91 Å². The number of rotatable bonds is 30. The minimum atomic E-state index is -0.906. The first kappa shape index (κ1) is 45.3. The molecule has 0 bridgehead atoms. The van der Waals surface area contributed by atoms with Gasteiger partial charge in [0.2, 0.25) is 5.91 Å². The van der Waals surface area contributed by atoms with Crippen molar-refractivity contribution in [3.63, 3.8) is 0 Å². The van der Waals surface area contributed by atoms with Crippen molar-refractivity contribution in [1.82, 2.24) is 5.32 Å². The average molecular weight is 772 g/mol. The molecule has 1 fully saturated rings. The molecule has 1 aliphatic heterocycles. The molecule has 3 aromatic rings. The van der Waals surface area contributed by atoms with Crippen LogP contribution in [0.15, 0.2) is 104 Å². The van der Waals surface area contributed by atoms with E-state index in [1.807, 2.05) is 91.0 Å². The number of amides is 1. The van der Waals surface area contributed by atoms with E-state index in [0.29, 0.717) is 6.61 Å². The van der Waals surface area contributed by atoms with Crippen LogP contribution in [-0.2, 0) is 48.3 Å². The number of hydrogen-bond acceptors (Lipinski definition) is 7. The molecule has 1 heterocycles. The maximum atomic E-state index is 14.1. The van der Waals surface area contributed by atoms with Crippen molar-refractivity contribution in [2.24, 2.45) is 0 Å². The smallest absolute Gasteiger partial charge is 0.223 e. The van der Waals surface area contributed by atoms with Crippen LogP contribution in [0.5, 0.6) is 0 Å². The van der Waals surface area contributed by atoms with Crippen LogP contribution < -0.4 is 5.32 Å². The molecule has 56 heavy (non-hydrogen) atoms. The summed E-state index contributed by atoms with van der Waals surface area (Å²) in [5, 5.41) is 13.7. The zero-order valence-corrected chi connectivity index (χ0v) is 33.9. The van der Waals surface area contributed by atoms with Crippen molar-refractivity contribution in [2.75, 3.05) is 13.2 Å². The Labute approximate surface area is 337 Å². The molecule has 8 nitrogen and oxygen atoms in total. The highest BCUT2D eigenvalue weighted by Crippen LogP contribution is 2.29. The SMILES string of the molecule is C=CCO[C@H]1O[C@H](CO)[C@@H](OCc2ccccc2)[C@H](OCc2ccccc2)[C@H]1NC(=O)C[C@@H](CCCCCCCCCCCCCCC)OCc1ccccc1. The Morgan fingerprint density at radius 2 is 1.18 bits per heavy atom. The Hall–Kier alpha value is -3.37. The van der Waals surface area contributed by atoms with Crippen LogP contribution in [0.2, 0.25) is 0 Å². The third-order valence-electron chi connectivity index (χ3n) is 10.5. The predicted octanol–water partition coefficient (Wildman–Crippen LogP) is 10.0. The maximum Gasteiger partial charge on any atom is 0.223 e. The summed E-state index contributed by atoms with van der Waals surface area (Å²) >= 11 is 0. The first-order chi connectivity index (χ1) is 27.6. The summed E-state index contributed by atoms with van der Waals surface area (Å²) in [6.07, 6.45) is 16.0. The summed E-state index contributed by atoms with van der Waals surface area (Å²) in [4.78, 5) is 14.1. The number of aliphatic hydroxyl groups excluding tert-OH is 1. The summed E-state index contributed by atoms with van der Waals surface area (Å²) in [5.74, 6) is -0.184. The van der Waals surface area contributed by atoms with E-state index in [1.165, 1.54) is 70.6 Å². The fourth-order valence-electron chi connectivity index (χ4n) is 7.32. The molecule has 3 aromatic carbocycles. The lowest BCUT2D eigenvalue weighted by Crippen LogP contribution is -2.66. The van der Waals surface area contributed by atoms with Gasteiger partial charge in [0.15, 0.2) is 6.29 Å². The van der Waals surface area contributed by atoms with Gasteiger partial charge in [-0.25, -0.2) is 0 Å². The third-order valence-corrected chi connectivity index (χ3v) is 10.5. The number of unbranched alkanes of at least 4 members (excludes halogenated alkanes) is 12. The minimum absolute atomic E-state index is 0.181. The first-order valence-electron chi connectivity index (χ1n) is 21.4. The van der Waals surface area contributed by atoms with Crippen molar-refractivity contribution in [2.45, 2.75) is 160 Å². The first-order valence-corrected chi connectivity index (χ1v) is 21.4. The van der Waals surface area contributed by atoms with Crippen LogP contribution in [-0.4, -0.2) is 61.0 Å². The van der Waals surface area contributed by atoms with E-state index in [4.69, 9.17) is 23.7 Å². The Morgan fingerprint density at radius 1 is 0.696 bits per heavy atom. The number of benzene rings is 3. The number of carbonyl (C=O) groups excluding carboxylic acids is 1. The lowest BCUT2D eigenvalue weighted by atomic mass is 9.95. The quantitative estimate of drug-likeness (QED) is 0.0515. The lowest BCUT2D eigenvalue weighted by Gasteiger charge is -2.46. The highest BCUT2D eigenvalue weighted by Gasteiger charge is 2.48. The van der Waals surface area contributed by atoms with Gasteiger partial charge < -0.3 is 34.1 Å². The molecule has 0 saturated carbocycles. The Bertz CT molecular complexity index is 1430. The molecule has 6 atom stereocenters. The van der Waals surface area contributed by atoms with Gasteiger partial charge in [-0.15, -0.1) is 6.58 Å². The fourth-order valence-corrected chi connectivity index (χ4v) is 7.32. The third kappa shape index (κ3) is 17.4. The topological polar surface area (TPSA) is 95.5 Å². The standard InChI is InChI=1S/C48H69NO7/c1-3-5-6-7-8-9-10-11-12-13-14-15-25-32-42(53-36-39-26-19-16-20-27-39)34-44(51)49-45-47(55-38-41-30-23-18-24-31-41)46(54-37-40-28-21-17-22-29-40)43(35-50)56-48(45)52-33-4-2/h4,16-24,26-31,42-43,45-48,50H,2-3,5-15,25,32-38H2,1H3,(H,49,51)/t42-,43-,45-,46-,47-,48+/m1/s1. The summed E-state index contributed by atoms with van der Waals surface area (Å²) in [5.41, 5.74) is 3.02. The van der Waals surface area contributed by atoms with E-state index in [0.717, 1.165) is 36.0 Å². The average Bonchev–Trinajstić information content (AvgIpc) is 3.23. The van der Waals surface area contributed by atoms with Crippen molar-refractivity contribution in [1.29, 1.82) is 0 Å². The van der Waals surface area contributed by atoms with Crippen LogP contribution in [0.4, 0.5) is 0 Å². The van der Waals surface area contributed by atoms with Crippen LogP contribution in [0.25, 0.3) is 0 Å². The van der Waals surface area contributed by atoms with E-state index < -0.39 is 30.6 Å².